The Hall–Kier alpha value is -2.73. The smallest absolute Gasteiger partial charge is 0.293 e. The van der Waals surface area contributed by atoms with Gasteiger partial charge >= 0.3 is 0 Å². The molecule has 0 radical (unpaired) electrons. The first-order valence-corrected chi connectivity index (χ1v) is 9.28. The van der Waals surface area contributed by atoms with E-state index in [-0.39, 0.29) is 17.7 Å². The van der Waals surface area contributed by atoms with Gasteiger partial charge in [0.15, 0.2) is 0 Å². The van der Waals surface area contributed by atoms with Gasteiger partial charge in [-0.2, -0.15) is 0 Å². The lowest BCUT2D eigenvalue weighted by Crippen LogP contribution is -2.27. The van der Waals surface area contributed by atoms with Crippen LogP contribution in [0.2, 0.25) is 0 Å². The van der Waals surface area contributed by atoms with Gasteiger partial charge < -0.3 is 9.47 Å². The molecule has 0 aromatic heterocycles. The van der Waals surface area contributed by atoms with Crippen molar-refractivity contribution in [1.82, 2.24) is 4.90 Å². The Bertz CT molecular complexity index is 919. The monoisotopic (exact) mass is 383 g/mol. The van der Waals surface area contributed by atoms with Gasteiger partial charge in [0.2, 0.25) is 0 Å². The van der Waals surface area contributed by atoms with Gasteiger partial charge in [-0.1, -0.05) is 29.8 Å². The van der Waals surface area contributed by atoms with Crippen LogP contribution < -0.4 is 9.47 Å². The van der Waals surface area contributed by atoms with E-state index in [2.05, 4.69) is 0 Å². The number of carbonyl (C=O) groups excluding carboxylic acids is 2. The highest BCUT2D eigenvalue weighted by molar-refractivity contribution is 8.18. The molecule has 27 heavy (non-hydrogen) atoms. The summed E-state index contributed by atoms with van der Waals surface area (Å²) in [6.07, 6.45) is 1.70. The highest BCUT2D eigenvalue weighted by atomic mass is 32.2. The molecule has 2 aromatic rings. The topological polar surface area (TPSA) is 55.8 Å². The van der Waals surface area contributed by atoms with Gasteiger partial charge in [0.25, 0.3) is 11.1 Å². The number of hydrogen-bond donors (Lipinski definition) is 0. The van der Waals surface area contributed by atoms with Crippen molar-refractivity contribution < 1.29 is 19.1 Å². The molecule has 140 valence electrons. The summed E-state index contributed by atoms with van der Waals surface area (Å²) in [5.74, 6) is 1.04. The fourth-order valence-electron chi connectivity index (χ4n) is 2.95. The van der Waals surface area contributed by atoms with Crippen LogP contribution in [0.5, 0.6) is 11.5 Å². The van der Waals surface area contributed by atoms with Gasteiger partial charge in [-0.3, -0.25) is 14.5 Å². The summed E-state index contributed by atoms with van der Waals surface area (Å²) < 4.78 is 10.8. The molecule has 1 aliphatic heterocycles. The summed E-state index contributed by atoms with van der Waals surface area (Å²) in [6.45, 7) is 4.15. The Kier molecular flexibility index (Phi) is 5.56. The quantitative estimate of drug-likeness (QED) is 0.709. The Morgan fingerprint density at radius 3 is 2.33 bits per heavy atom. The maximum Gasteiger partial charge on any atom is 0.293 e. The summed E-state index contributed by atoms with van der Waals surface area (Å²) in [7, 11) is 3.17. The zero-order valence-corrected chi connectivity index (χ0v) is 16.6. The van der Waals surface area contributed by atoms with Crippen molar-refractivity contribution in [3.8, 4) is 11.5 Å². The number of methoxy groups -OCH3 is 2. The van der Waals surface area contributed by atoms with E-state index in [4.69, 9.17) is 9.47 Å². The summed E-state index contributed by atoms with van der Waals surface area (Å²) in [5, 5.41) is -0.268. The third-order valence-corrected chi connectivity index (χ3v) is 5.34. The fraction of sp³-hybridized carbons (Fsp3) is 0.238. The molecule has 1 saturated heterocycles. The summed E-state index contributed by atoms with van der Waals surface area (Å²) in [5.41, 5.74) is 3.63. The lowest BCUT2D eigenvalue weighted by molar-refractivity contribution is -0.123. The third-order valence-electron chi connectivity index (χ3n) is 4.43. The zero-order chi connectivity index (χ0) is 19.6. The van der Waals surface area contributed by atoms with Crippen LogP contribution in [0.3, 0.4) is 0 Å². The highest BCUT2D eigenvalue weighted by Gasteiger charge is 2.35. The largest absolute Gasteiger partial charge is 0.496 e. The van der Waals surface area contributed by atoms with E-state index in [0.717, 1.165) is 34.0 Å². The van der Waals surface area contributed by atoms with E-state index < -0.39 is 0 Å². The molecule has 0 N–H and O–H groups in total. The number of ether oxygens (including phenoxy) is 2. The summed E-state index contributed by atoms with van der Waals surface area (Å²) in [6, 6.07) is 11.4. The molecule has 0 spiro atoms. The maximum atomic E-state index is 12.7. The number of carbonyl (C=O) groups is 2. The van der Waals surface area contributed by atoms with Crippen LogP contribution >= 0.6 is 11.8 Å². The molecule has 6 heteroatoms. The second-order valence-corrected chi connectivity index (χ2v) is 7.26. The van der Waals surface area contributed by atoms with Gasteiger partial charge in [0.1, 0.15) is 11.5 Å². The molecular weight excluding hydrogens is 362 g/mol. The van der Waals surface area contributed by atoms with E-state index in [1.165, 1.54) is 4.90 Å². The first-order chi connectivity index (χ1) is 12.9. The Morgan fingerprint density at radius 2 is 1.70 bits per heavy atom. The molecule has 2 amide bonds. The third kappa shape index (κ3) is 3.85. The predicted octanol–water partition coefficient (Wildman–Crippen LogP) is 4.56. The van der Waals surface area contributed by atoms with Gasteiger partial charge in [0.05, 0.1) is 25.7 Å². The molecule has 1 fully saturated rings. The van der Waals surface area contributed by atoms with Crippen molar-refractivity contribution in [1.29, 1.82) is 0 Å². The number of benzene rings is 2. The Labute approximate surface area is 163 Å². The first kappa shape index (κ1) is 19.0. The number of imide groups is 1. The van der Waals surface area contributed by atoms with Crippen LogP contribution in [0.4, 0.5) is 4.79 Å². The number of aryl methyl sites for hydroxylation is 1. The van der Waals surface area contributed by atoms with Crippen molar-refractivity contribution in [3.63, 3.8) is 0 Å². The van der Waals surface area contributed by atoms with E-state index in [1.807, 2.05) is 50.2 Å². The van der Waals surface area contributed by atoms with Gasteiger partial charge in [-0.05, 0) is 49.4 Å². The maximum absolute atomic E-state index is 12.7. The van der Waals surface area contributed by atoms with Crippen molar-refractivity contribution >= 4 is 29.0 Å². The van der Waals surface area contributed by atoms with Crippen molar-refractivity contribution in [2.24, 2.45) is 0 Å². The molecule has 0 unspecified atom stereocenters. The second-order valence-electron chi connectivity index (χ2n) is 6.27. The van der Waals surface area contributed by atoms with Crippen molar-refractivity contribution in [2.75, 3.05) is 14.2 Å². The van der Waals surface area contributed by atoms with Crippen molar-refractivity contribution in [3.05, 3.63) is 63.6 Å². The van der Waals surface area contributed by atoms with Crippen LogP contribution in [0, 0.1) is 13.8 Å². The van der Waals surface area contributed by atoms with Gasteiger partial charge in [-0.15, -0.1) is 0 Å². The number of amides is 2. The molecule has 5 nitrogen and oxygen atoms in total. The normalized spacial score (nSPS) is 15.6. The van der Waals surface area contributed by atoms with Gasteiger partial charge in [0, 0.05) is 11.1 Å². The van der Waals surface area contributed by atoms with Crippen LogP contribution in [-0.2, 0) is 11.3 Å². The predicted molar refractivity (Wildman–Crippen MR) is 107 cm³/mol. The molecule has 0 saturated carbocycles. The Morgan fingerprint density at radius 1 is 1.00 bits per heavy atom. The summed E-state index contributed by atoms with van der Waals surface area (Å²) in [4.78, 5) is 26.8. The van der Waals surface area contributed by atoms with Crippen LogP contribution in [-0.4, -0.2) is 30.3 Å². The van der Waals surface area contributed by atoms with Crippen LogP contribution in [0.1, 0.15) is 22.3 Å². The molecule has 1 heterocycles. The van der Waals surface area contributed by atoms with Crippen LogP contribution in [0.25, 0.3) is 6.08 Å². The molecule has 0 bridgehead atoms. The Balaban J connectivity index is 1.88. The minimum absolute atomic E-state index is 0.265. The average molecular weight is 383 g/mol. The highest BCUT2D eigenvalue weighted by Crippen LogP contribution is 2.37. The molecule has 1 aliphatic rings. The zero-order valence-electron chi connectivity index (χ0n) is 15.7. The minimum Gasteiger partial charge on any atom is -0.496 e. The molecule has 3 rings (SSSR count). The number of rotatable bonds is 5. The lowest BCUT2D eigenvalue weighted by Gasteiger charge is -2.13. The van der Waals surface area contributed by atoms with Gasteiger partial charge in [-0.25, -0.2) is 0 Å². The van der Waals surface area contributed by atoms with E-state index >= 15 is 0 Å². The molecular formula is C21H21NO4S. The molecule has 2 aromatic carbocycles. The van der Waals surface area contributed by atoms with Crippen LogP contribution in [0.15, 0.2) is 41.3 Å². The molecule has 0 atom stereocenters. The number of nitrogens with zero attached hydrogens (tertiary/aromatic N) is 1. The number of thioether (sulfide) groups is 1. The summed E-state index contributed by atoms with van der Waals surface area (Å²) >= 11 is 0.946. The SMILES string of the molecule is COc1ccc(/C=C2\SC(=O)N(Cc3ccc(C)cc3)C2=O)c(OC)c1C. The molecule has 0 aliphatic carbocycles. The van der Waals surface area contributed by atoms with E-state index in [0.29, 0.717) is 16.4 Å². The van der Waals surface area contributed by atoms with E-state index in [1.54, 1.807) is 20.3 Å². The van der Waals surface area contributed by atoms with Crippen molar-refractivity contribution in [2.45, 2.75) is 20.4 Å². The minimum atomic E-state index is -0.291. The standard InChI is InChI=1S/C21H21NO4S/c1-13-5-7-15(8-6-13)12-22-20(23)18(27-21(22)24)11-16-9-10-17(25-3)14(2)19(16)26-4/h5-11H,12H2,1-4H3/b18-11-. The second kappa shape index (κ2) is 7.88. The van der Waals surface area contributed by atoms with E-state index in [9.17, 15) is 9.59 Å². The average Bonchev–Trinajstić information content (AvgIpc) is 2.91. The fourth-order valence-corrected chi connectivity index (χ4v) is 3.78. The first-order valence-electron chi connectivity index (χ1n) is 8.47. The lowest BCUT2D eigenvalue weighted by atomic mass is 10.1. The number of hydrogen-bond acceptors (Lipinski definition) is 5.